The number of hydrogen-bond donors (Lipinski definition) is 0. The molecular weight excluding hydrogens is 993 g/mol. The molecule has 0 saturated carbocycles. The molecule has 12 aromatic carbocycles. The summed E-state index contributed by atoms with van der Waals surface area (Å²) in [5.74, 6) is 0. The van der Waals surface area contributed by atoms with Gasteiger partial charge in [0.2, 0.25) is 0 Å². The molecule has 20 rings (SSSR count). The van der Waals surface area contributed by atoms with E-state index < -0.39 is 0 Å². The molecule has 2 aliphatic rings. The lowest BCUT2D eigenvalue weighted by atomic mass is 9.80. The van der Waals surface area contributed by atoms with Crippen LogP contribution in [0.25, 0.3) is 165 Å². The second kappa shape index (κ2) is 14.6. The summed E-state index contributed by atoms with van der Waals surface area (Å²) in [4.78, 5) is 0. The number of nitrogens with zero attached hydrogens (tertiary/aromatic N) is 4. The maximum absolute atomic E-state index is 2.59. The molecule has 0 N–H and O–H groups in total. The monoisotopic (exact) mass is 1040 g/mol. The van der Waals surface area contributed by atoms with Crippen LogP contribution >= 0.6 is 0 Å². The summed E-state index contributed by atoms with van der Waals surface area (Å²) in [5.41, 5.74) is 28.0. The van der Waals surface area contributed by atoms with Crippen molar-refractivity contribution in [2.24, 2.45) is 0 Å². The van der Waals surface area contributed by atoms with Gasteiger partial charge in [0.25, 0.3) is 0 Å². The molecule has 0 bridgehead atoms. The highest BCUT2D eigenvalue weighted by Gasteiger charge is 2.40. The molecule has 2 aliphatic carbocycles. The second-order valence-electron chi connectivity index (χ2n) is 24.7. The van der Waals surface area contributed by atoms with Crippen LogP contribution in [0.3, 0.4) is 0 Å². The molecule has 4 nitrogen and oxygen atoms in total. The van der Waals surface area contributed by atoms with Crippen molar-refractivity contribution in [2.75, 3.05) is 0 Å². The fraction of sp³-hybridized carbons (Fsp3) is 0.0769. The van der Waals surface area contributed by atoms with E-state index in [0.29, 0.717) is 0 Å². The van der Waals surface area contributed by atoms with Crippen molar-refractivity contribution in [1.82, 2.24) is 17.9 Å². The van der Waals surface area contributed by atoms with Crippen LogP contribution in [0.4, 0.5) is 0 Å². The van der Waals surface area contributed by atoms with Crippen molar-refractivity contribution >= 4 is 120 Å². The van der Waals surface area contributed by atoms with Crippen LogP contribution in [0.5, 0.6) is 0 Å². The third kappa shape index (κ3) is 5.02. The Morgan fingerprint density at radius 1 is 0.268 bits per heavy atom. The molecule has 0 fully saturated rings. The Bertz CT molecular complexity index is 5920. The summed E-state index contributed by atoms with van der Waals surface area (Å²) in [5, 5.41) is 15.5. The zero-order chi connectivity index (χ0) is 53.8. The zero-order valence-electron chi connectivity index (χ0n) is 45.7. The quantitative estimate of drug-likeness (QED) is 0.168. The van der Waals surface area contributed by atoms with Gasteiger partial charge in [-0.05, 0) is 141 Å². The van der Waals surface area contributed by atoms with E-state index in [4.69, 9.17) is 0 Å². The minimum Gasteiger partial charge on any atom is -0.309 e. The van der Waals surface area contributed by atoms with Crippen molar-refractivity contribution in [1.29, 1.82) is 0 Å². The maximum atomic E-state index is 2.59. The summed E-state index contributed by atoms with van der Waals surface area (Å²) in [7, 11) is 0. The summed E-state index contributed by atoms with van der Waals surface area (Å²) >= 11 is 0. The molecular formula is C78H50N4. The standard InChI is InChI=1S/C78H50N4/c1-77(2)60-28-15-12-24-51(60)69-61(77)33-37-66-71(69)72-75-58(40-57-48-23-13-16-29-62(48)81(66)76(57)72)54-39-44(31-35-64(54)80(75)46-20-9-6-10-21-46)43-30-34-63-53(38-43)56-42-68-55(41-67(56)79(63)45-18-7-5-8-19-45)50-25-17-26-52-70-65(82(68)74(50)52)36-32-49-47-22-11-14-27-59(47)78(3,4)73(49)70/h5-42H,1-4H3. The Kier molecular flexibility index (Phi) is 7.78. The van der Waals surface area contributed by atoms with Gasteiger partial charge in [0, 0.05) is 86.8 Å². The topological polar surface area (TPSA) is 18.7 Å². The van der Waals surface area contributed by atoms with Crippen LogP contribution in [0.1, 0.15) is 49.9 Å². The molecule has 4 heteroatoms. The van der Waals surface area contributed by atoms with Crippen molar-refractivity contribution in [3.63, 3.8) is 0 Å². The summed E-state index contributed by atoms with van der Waals surface area (Å²) in [6.45, 7) is 9.64. The largest absolute Gasteiger partial charge is 0.309 e. The van der Waals surface area contributed by atoms with Gasteiger partial charge in [0.05, 0.1) is 55.2 Å². The lowest BCUT2D eigenvalue weighted by molar-refractivity contribution is 0.661. The van der Waals surface area contributed by atoms with Gasteiger partial charge in [-0.25, -0.2) is 0 Å². The second-order valence-corrected chi connectivity index (χ2v) is 24.7. The Hall–Kier alpha value is -10.2. The average molecular weight is 1040 g/mol. The molecule has 0 saturated heterocycles. The van der Waals surface area contributed by atoms with E-state index in [0.717, 1.165) is 11.4 Å². The van der Waals surface area contributed by atoms with E-state index in [9.17, 15) is 0 Å². The molecule has 6 aromatic heterocycles. The van der Waals surface area contributed by atoms with Gasteiger partial charge in [-0.2, -0.15) is 0 Å². The van der Waals surface area contributed by atoms with Crippen molar-refractivity contribution < 1.29 is 0 Å². The Morgan fingerprint density at radius 3 is 1.60 bits per heavy atom. The van der Waals surface area contributed by atoms with Crippen LogP contribution < -0.4 is 0 Å². The zero-order valence-corrected chi connectivity index (χ0v) is 45.7. The minimum absolute atomic E-state index is 0.134. The number of benzene rings is 12. The average Bonchev–Trinajstić information content (AvgIpc) is 1.78. The smallest absolute Gasteiger partial charge is 0.0642 e. The highest BCUT2D eigenvalue weighted by atomic mass is 15.0. The van der Waals surface area contributed by atoms with E-state index in [2.05, 4.69) is 276 Å². The number of rotatable bonds is 3. The van der Waals surface area contributed by atoms with Crippen LogP contribution in [0.2, 0.25) is 0 Å². The van der Waals surface area contributed by atoms with E-state index in [1.807, 2.05) is 0 Å². The highest BCUT2D eigenvalue weighted by Crippen LogP contribution is 2.57. The predicted octanol–water partition coefficient (Wildman–Crippen LogP) is 20.5. The van der Waals surface area contributed by atoms with Gasteiger partial charge < -0.3 is 17.9 Å². The van der Waals surface area contributed by atoms with Gasteiger partial charge in [0.15, 0.2) is 0 Å². The van der Waals surface area contributed by atoms with Crippen LogP contribution in [-0.4, -0.2) is 17.9 Å². The molecule has 0 radical (unpaired) electrons. The first kappa shape index (κ1) is 43.7. The molecule has 6 heterocycles. The summed E-state index contributed by atoms with van der Waals surface area (Å²) in [6.07, 6.45) is 0. The normalized spacial score (nSPS) is 14.5. The third-order valence-corrected chi connectivity index (χ3v) is 20.1. The number of hydrogen-bond acceptors (Lipinski definition) is 0. The number of para-hydroxylation sites is 4. The van der Waals surface area contributed by atoms with Crippen molar-refractivity contribution in [3.05, 3.63) is 253 Å². The molecule has 0 atom stereocenters. The molecule has 382 valence electrons. The first-order chi connectivity index (χ1) is 40.2. The van der Waals surface area contributed by atoms with Gasteiger partial charge in [-0.3, -0.25) is 0 Å². The van der Waals surface area contributed by atoms with E-state index in [1.54, 1.807) is 0 Å². The molecule has 18 aromatic rings. The molecule has 0 aliphatic heterocycles. The van der Waals surface area contributed by atoms with Crippen molar-refractivity contribution in [3.8, 4) is 44.8 Å². The lowest BCUT2D eigenvalue weighted by Gasteiger charge is -2.22. The first-order valence-corrected chi connectivity index (χ1v) is 29.0. The minimum atomic E-state index is -0.137. The third-order valence-electron chi connectivity index (χ3n) is 20.1. The SMILES string of the molecule is CC1(C)c2ccccc2-c2c1ccc1c2c2c3c(cc4c5ccccc5n1c42)c1cc(-c2ccc4c(c2)c2cc5c(cc2n4-c2ccccc2)c2cccc4c6c7c(ccc6n5c24)-c2ccccc2C7(C)C)ccc1n3-c1ccccc1. The van der Waals surface area contributed by atoms with Crippen LogP contribution in [-0.2, 0) is 10.8 Å². The van der Waals surface area contributed by atoms with Gasteiger partial charge >= 0.3 is 0 Å². The van der Waals surface area contributed by atoms with E-state index >= 15 is 0 Å². The molecule has 0 spiro atoms. The van der Waals surface area contributed by atoms with Crippen LogP contribution in [0, 0.1) is 0 Å². The summed E-state index contributed by atoms with van der Waals surface area (Å²) < 4.78 is 10.2. The fourth-order valence-electron chi connectivity index (χ4n) is 16.7. The lowest BCUT2D eigenvalue weighted by Crippen LogP contribution is -2.15. The number of fused-ring (bicyclic) bond motifs is 27. The van der Waals surface area contributed by atoms with Gasteiger partial charge in [0.1, 0.15) is 0 Å². The Balaban J connectivity index is 0.875. The Morgan fingerprint density at radius 2 is 0.817 bits per heavy atom. The maximum Gasteiger partial charge on any atom is 0.0642 e. The van der Waals surface area contributed by atoms with Gasteiger partial charge in [-0.15, -0.1) is 0 Å². The summed E-state index contributed by atoms with van der Waals surface area (Å²) in [6, 6.07) is 87.8. The highest BCUT2D eigenvalue weighted by molar-refractivity contribution is 6.37. The first-order valence-electron chi connectivity index (χ1n) is 29.0. The fourth-order valence-corrected chi connectivity index (χ4v) is 16.7. The van der Waals surface area contributed by atoms with E-state index in [1.165, 1.54) is 175 Å². The number of aromatic nitrogens is 4. The van der Waals surface area contributed by atoms with E-state index in [-0.39, 0.29) is 10.8 Å². The molecule has 0 amide bonds. The van der Waals surface area contributed by atoms with Crippen LogP contribution in [0.15, 0.2) is 231 Å². The predicted molar refractivity (Wildman–Crippen MR) is 345 cm³/mol. The molecule has 82 heavy (non-hydrogen) atoms. The molecule has 0 unspecified atom stereocenters. The van der Waals surface area contributed by atoms with Crippen molar-refractivity contribution in [2.45, 2.75) is 38.5 Å². The van der Waals surface area contributed by atoms with Gasteiger partial charge in [-0.1, -0.05) is 173 Å². The Labute approximate surface area is 471 Å².